The van der Waals surface area contributed by atoms with Gasteiger partial charge in [0.15, 0.2) is 0 Å². The van der Waals surface area contributed by atoms with Gasteiger partial charge in [-0.2, -0.15) is 5.10 Å². The van der Waals surface area contributed by atoms with Crippen LogP contribution in [0.5, 0.6) is 5.75 Å². The Balaban J connectivity index is 2.01. The van der Waals surface area contributed by atoms with Crippen LogP contribution in [-0.4, -0.2) is 31.9 Å². The zero-order valence-corrected chi connectivity index (χ0v) is 9.32. The maximum atomic E-state index is 8.98. The number of rotatable bonds is 4. The van der Waals surface area contributed by atoms with Crippen LogP contribution in [0, 0.1) is 0 Å². The third-order valence-corrected chi connectivity index (χ3v) is 2.20. The minimum absolute atomic E-state index is 0.300. The van der Waals surface area contributed by atoms with E-state index in [2.05, 4.69) is 10.1 Å². The lowest BCUT2D eigenvalue weighted by Gasteiger charge is -2.05. The molecular formula is C10H12BN3O3. The van der Waals surface area contributed by atoms with E-state index in [9.17, 15) is 0 Å². The number of hydrogen-bond donors (Lipinski definition) is 2. The molecule has 0 aromatic carbocycles. The molecule has 0 atom stereocenters. The van der Waals surface area contributed by atoms with Crippen molar-refractivity contribution in [1.82, 2.24) is 14.8 Å². The Morgan fingerprint density at radius 3 is 2.82 bits per heavy atom. The van der Waals surface area contributed by atoms with Crippen LogP contribution in [0.4, 0.5) is 0 Å². The molecule has 0 unspecified atom stereocenters. The first-order valence-electron chi connectivity index (χ1n) is 5.06. The van der Waals surface area contributed by atoms with Crippen LogP contribution in [0.3, 0.4) is 0 Å². The lowest BCUT2D eigenvalue weighted by atomic mass is 9.82. The van der Waals surface area contributed by atoms with Gasteiger partial charge in [0.05, 0.1) is 12.4 Å². The van der Waals surface area contributed by atoms with Gasteiger partial charge < -0.3 is 14.8 Å². The summed E-state index contributed by atoms with van der Waals surface area (Å²) in [6, 6.07) is 1.54. The molecule has 0 fully saturated rings. The topological polar surface area (TPSA) is 80.4 Å². The highest BCUT2D eigenvalue weighted by Gasteiger charge is 2.12. The third-order valence-electron chi connectivity index (χ3n) is 2.20. The molecule has 88 valence electrons. The molecule has 0 radical (unpaired) electrons. The second kappa shape index (κ2) is 4.98. The molecule has 2 rings (SSSR count). The minimum Gasteiger partial charge on any atom is -0.487 e. The average molecular weight is 233 g/mol. The normalized spacial score (nSPS) is 10.3. The lowest BCUT2D eigenvalue weighted by Crippen LogP contribution is -2.30. The zero-order chi connectivity index (χ0) is 12.3. The van der Waals surface area contributed by atoms with E-state index in [4.69, 9.17) is 14.8 Å². The van der Waals surface area contributed by atoms with Gasteiger partial charge in [0.1, 0.15) is 12.4 Å². The van der Waals surface area contributed by atoms with E-state index in [0.717, 1.165) is 5.56 Å². The summed E-state index contributed by atoms with van der Waals surface area (Å²) < 4.78 is 7.14. The van der Waals surface area contributed by atoms with Gasteiger partial charge in [0, 0.05) is 30.5 Å². The van der Waals surface area contributed by atoms with E-state index in [1.807, 2.05) is 13.2 Å². The van der Waals surface area contributed by atoms with Gasteiger partial charge in [0.25, 0.3) is 0 Å². The number of pyridine rings is 1. The number of nitrogens with zero attached hydrogens (tertiary/aromatic N) is 3. The van der Waals surface area contributed by atoms with Crippen molar-refractivity contribution in [3.8, 4) is 5.75 Å². The first-order chi connectivity index (χ1) is 8.15. The Hall–Kier alpha value is -1.86. The van der Waals surface area contributed by atoms with Crippen LogP contribution in [0.2, 0.25) is 0 Å². The second-order valence-electron chi connectivity index (χ2n) is 3.64. The van der Waals surface area contributed by atoms with E-state index in [1.54, 1.807) is 10.9 Å². The number of hydrogen-bond acceptors (Lipinski definition) is 5. The summed E-state index contributed by atoms with van der Waals surface area (Å²) in [7, 11) is 0.290. The number of aromatic nitrogens is 3. The van der Waals surface area contributed by atoms with Crippen molar-refractivity contribution in [1.29, 1.82) is 0 Å². The fourth-order valence-corrected chi connectivity index (χ4v) is 1.37. The smallest absolute Gasteiger partial charge is 0.487 e. The summed E-state index contributed by atoms with van der Waals surface area (Å²) >= 11 is 0. The number of aryl methyl sites for hydroxylation is 1. The fraction of sp³-hybridized carbons (Fsp3) is 0.200. The zero-order valence-electron chi connectivity index (χ0n) is 9.32. The monoisotopic (exact) mass is 233 g/mol. The van der Waals surface area contributed by atoms with Crippen molar-refractivity contribution >= 4 is 12.6 Å². The summed E-state index contributed by atoms with van der Waals surface area (Å²) in [6.07, 6.45) is 6.44. The van der Waals surface area contributed by atoms with Crippen LogP contribution in [0.25, 0.3) is 0 Å². The fourth-order valence-electron chi connectivity index (χ4n) is 1.37. The van der Waals surface area contributed by atoms with E-state index in [0.29, 0.717) is 17.8 Å². The molecule has 6 nitrogen and oxygen atoms in total. The Morgan fingerprint density at radius 2 is 2.18 bits per heavy atom. The molecule has 0 aliphatic rings. The van der Waals surface area contributed by atoms with Crippen LogP contribution in [0.1, 0.15) is 5.56 Å². The van der Waals surface area contributed by atoms with Gasteiger partial charge in [-0.25, -0.2) is 0 Å². The molecule has 0 bridgehead atoms. The third kappa shape index (κ3) is 3.05. The lowest BCUT2D eigenvalue weighted by molar-refractivity contribution is 0.305. The van der Waals surface area contributed by atoms with Gasteiger partial charge in [-0.15, -0.1) is 0 Å². The van der Waals surface area contributed by atoms with Crippen molar-refractivity contribution in [2.75, 3.05) is 0 Å². The standard InChI is InChI=1S/C10H12BN3O3/c1-14-6-8(3-13-14)7-17-10-2-9(11(15)16)4-12-5-10/h2-6,15-16H,7H2,1H3. The predicted octanol–water partition coefficient (Wildman–Crippen LogP) is -0.926. The van der Waals surface area contributed by atoms with Crippen molar-refractivity contribution < 1.29 is 14.8 Å². The molecule has 0 aliphatic carbocycles. The Morgan fingerprint density at radius 1 is 1.35 bits per heavy atom. The molecule has 2 aromatic rings. The summed E-state index contributed by atoms with van der Waals surface area (Å²) in [5.41, 5.74) is 1.23. The van der Waals surface area contributed by atoms with Crippen LogP contribution < -0.4 is 10.2 Å². The largest absolute Gasteiger partial charge is 0.490 e. The molecule has 0 saturated carbocycles. The molecule has 2 N–H and O–H groups in total. The Bertz CT molecular complexity index is 501. The summed E-state index contributed by atoms with van der Waals surface area (Å²) in [5, 5.41) is 22.0. The minimum atomic E-state index is -1.54. The second-order valence-corrected chi connectivity index (χ2v) is 3.64. The van der Waals surface area contributed by atoms with Gasteiger partial charge in [-0.1, -0.05) is 0 Å². The highest BCUT2D eigenvalue weighted by Crippen LogP contribution is 2.08. The van der Waals surface area contributed by atoms with Gasteiger partial charge >= 0.3 is 7.12 Å². The van der Waals surface area contributed by atoms with E-state index in [1.165, 1.54) is 18.5 Å². The maximum absolute atomic E-state index is 8.98. The van der Waals surface area contributed by atoms with E-state index >= 15 is 0 Å². The highest BCUT2D eigenvalue weighted by atomic mass is 16.5. The summed E-state index contributed by atoms with van der Waals surface area (Å²) in [6.45, 7) is 0.362. The maximum Gasteiger partial charge on any atom is 0.490 e. The van der Waals surface area contributed by atoms with Gasteiger partial charge in [-0.05, 0) is 6.07 Å². The Labute approximate surface area is 98.6 Å². The summed E-state index contributed by atoms with van der Waals surface area (Å²) in [4.78, 5) is 3.86. The average Bonchev–Trinajstić information content (AvgIpc) is 2.73. The molecule has 0 spiro atoms. The molecule has 0 amide bonds. The van der Waals surface area contributed by atoms with Crippen molar-refractivity contribution in [2.24, 2.45) is 7.05 Å². The molecule has 2 aromatic heterocycles. The first-order valence-corrected chi connectivity index (χ1v) is 5.06. The van der Waals surface area contributed by atoms with Crippen molar-refractivity contribution in [3.63, 3.8) is 0 Å². The predicted molar refractivity (Wildman–Crippen MR) is 61.6 cm³/mol. The van der Waals surface area contributed by atoms with E-state index < -0.39 is 7.12 Å². The SMILES string of the molecule is Cn1cc(COc2cncc(B(O)O)c2)cn1. The van der Waals surface area contributed by atoms with Gasteiger partial charge in [-0.3, -0.25) is 9.67 Å². The molecule has 7 heteroatoms. The van der Waals surface area contributed by atoms with Crippen LogP contribution in [0.15, 0.2) is 30.9 Å². The molecule has 0 saturated heterocycles. The molecule has 0 aliphatic heterocycles. The van der Waals surface area contributed by atoms with Gasteiger partial charge in [0.2, 0.25) is 0 Å². The first kappa shape index (κ1) is 11.6. The van der Waals surface area contributed by atoms with Crippen LogP contribution >= 0.6 is 0 Å². The summed E-state index contributed by atoms with van der Waals surface area (Å²) in [5.74, 6) is 0.486. The van der Waals surface area contributed by atoms with Crippen molar-refractivity contribution in [3.05, 3.63) is 36.4 Å². The molecule has 2 heterocycles. The van der Waals surface area contributed by atoms with E-state index in [-0.39, 0.29) is 0 Å². The Kier molecular flexibility index (Phi) is 3.41. The number of ether oxygens (including phenoxy) is 1. The van der Waals surface area contributed by atoms with Crippen LogP contribution in [-0.2, 0) is 13.7 Å². The molecular weight excluding hydrogens is 221 g/mol. The molecule has 17 heavy (non-hydrogen) atoms. The highest BCUT2D eigenvalue weighted by molar-refractivity contribution is 6.58. The quantitative estimate of drug-likeness (QED) is 0.667. The van der Waals surface area contributed by atoms with Crippen molar-refractivity contribution in [2.45, 2.75) is 6.61 Å².